The highest BCUT2D eigenvalue weighted by Gasteiger charge is 2.44. The molecule has 0 radical (unpaired) electrons. The van der Waals surface area contributed by atoms with Crippen molar-refractivity contribution < 1.29 is 19.0 Å². The van der Waals surface area contributed by atoms with E-state index in [0.717, 1.165) is 41.8 Å². The number of H-pyrrole nitrogens is 1. The van der Waals surface area contributed by atoms with Crippen molar-refractivity contribution in [1.82, 2.24) is 15.1 Å². The topological polar surface area (TPSA) is 76.7 Å². The van der Waals surface area contributed by atoms with Crippen LogP contribution in [0.4, 0.5) is 0 Å². The van der Waals surface area contributed by atoms with Gasteiger partial charge in [0.15, 0.2) is 0 Å². The van der Waals surface area contributed by atoms with E-state index >= 15 is 0 Å². The molecule has 32 heavy (non-hydrogen) atoms. The summed E-state index contributed by atoms with van der Waals surface area (Å²) in [4.78, 5) is 15.4. The van der Waals surface area contributed by atoms with Crippen LogP contribution in [0.3, 0.4) is 0 Å². The summed E-state index contributed by atoms with van der Waals surface area (Å²) in [7, 11) is 3.24. The third-order valence-electron chi connectivity index (χ3n) is 6.14. The zero-order valence-corrected chi connectivity index (χ0v) is 18.7. The quantitative estimate of drug-likeness (QED) is 0.595. The maximum atomic E-state index is 13.5. The zero-order chi connectivity index (χ0) is 22.2. The summed E-state index contributed by atoms with van der Waals surface area (Å²) in [6.07, 6.45) is 1.96. The first-order chi connectivity index (χ1) is 15.6. The molecular formula is C24H24ClN3O4. The number of aromatic nitrogens is 2. The largest absolute Gasteiger partial charge is 0.497 e. The maximum Gasteiger partial charge on any atom is 0.273 e. The number of aromatic amines is 1. The van der Waals surface area contributed by atoms with Gasteiger partial charge >= 0.3 is 0 Å². The van der Waals surface area contributed by atoms with Crippen molar-refractivity contribution in [2.24, 2.45) is 0 Å². The monoisotopic (exact) mass is 453 g/mol. The van der Waals surface area contributed by atoms with E-state index < -0.39 is 0 Å². The van der Waals surface area contributed by atoms with Gasteiger partial charge < -0.3 is 19.1 Å². The number of rotatable bonds is 6. The molecule has 2 aliphatic heterocycles. The number of nitrogens with zero attached hydrogens (tertiary/aromatic N) is 2. The van der Waals surface area contributed by atoms with E-state index in [1.165, 1.54) is 0 Å². The van der Waals surface area contributed by atoms with E-state index in [2.05, 4.69) is 10.2 Å². The molecule has 2 atom stereocenters. The highest BCUT2D eigenvalue weighted by molar-refractivity contribution is 6.30. The molecule has 0 spiro atoms. The number of methoxy groups -OCH3 is 2. The number of hydrogen-bond acceptors (Lipinski definition) is 5. The van der Waals surface area contributed by atoms with E-state index in [1.54, 1.807) is 14.2 Å². The van der Waals surface area contributed by atoms with Gasteiger partial charge in [-0.3, -0.25) is 9.89 Å². The fourth-order valence-corrected chi connectivity index (χ4v) is 4.71. The predicted molar refractivity (Wildman–Crippen MR) is 120 cm³/mol. The van der Waals surface area contributed by atoms with Crippen LogP contribution in [0, 0.1) is 0 Å². The summed E-state index contributed by atoms with van der Waals surface area (Å²) < 4.78 is 16.9. The molecular weight excluding hydrogens is 430 g/mol. The molecule has 5 rings (SSSR count). The molecule has 0 aliphatic carbocycles. The van der Waals surface area contributed by atoms with Gasteiger partial charge in [0.1, 0.15) is 17.2 Å². The van der Waals surface area contributed by atoms with Gasteiger partial charge in [-0.2, -0.15) is 5.10 Å². The van der Waals surface area contributed by atoms with Gasteiger partial charge in [-0.05, 0) is 37.1 Å². The summed E-state index contributed by atoms with van der Waals surface area (Å²) in [5.74, 6) is 1.24. The van der Waals surface area contributed by atoms with Crippen molar-refractivity contribution in [3.05, 3.63) is 64.3 Å². The molecule has 0 saturated carbocycles. The highest BCUT2D eigenvalue weighted by atomic mass is 35.5. The van der Waals surface area contributed by atoms with Gasteiger partial charge in [-0.15, -0.1) is 0 Å². The lowest BCUT2D eigenvalue weighted by Crippen LogP contribution is -2.36. The second-order valence-corrected chi connectivity index (χ2v) is 8.41. The molecule has 1 fully saturated rings. The van der Waals surface area contributed by atoms with Gasteiger partial charge in [0.05, 0.1) is 32.1 Å². The number of benzene rings is 2. The van der Waals surface area contributed by atoms with Crippen LogP contribution in [-0.4, -0.2) is 54.5 Å². The Hall–Kier alpha value is -3.03. The van der Waals surface area contributed by atoms with Gasteiger partial charge in [-0.25, -0.2) is 0 Å². The lowest BCUT2D eigenvalue weighted by atomic mass is 9.95. The Bertz CT molecular complexity index is 1140. The molecule has 2 aliphatic rings. The third-order valence-corrected chi connectivity index (χ3v) is 6.39. The highest BCUT2D eigenvalue weighted by Crippen LogP contribution is 2.46. The average molecular weight is 454 g/mol. The van der Waals surface area contributed by atoms with E-state index in [0.29, 0.717) is 28.8 Å². The summed E-state index contributed by atoms with van der Waals surface area (Å²) in [6, 6.07) is 12.8. The van der Waals surface area contributed by atoms with Crippen LogP contribution in [0.2, 0.25) is 5.02 Å². The second kappa shape index (κ2) is 8.48. The fraction of sp³-hybridized carbons (Fsp3) is 0.333. The van der Waals surface area contributed by atoms with Crippen molar-refractivity contribution in [1.29, 1.82) is 0 Å². The lowest BCUT2D eigenvalue weighted by Gasteiger charge is -2.29. The Labute approximate surface area is 191 Å². The third kappa shape index (κ3) is 3.51. The molecule has 7 nitrogen and oxygen atoms in total. The Morgan fingerprint density at radius 1 is 1.19 bits per heavy atom. The van der Waals surface area contributed by atoms with Crippen molar-refractivity contribution in [3.8, 4) is 22.8 Å². The first kappa shape index (κ1) is 20.8. The lowest BCUT2D eigenvalue weighted by molar-refractivity contribution is 0.0493. The molecule has 0 bridgehead atoms. The van der Waals surface area contributed by atoms with Crippen LogP contribution in [0.15, 0.2) is 42.5 Å². The molecule has 1 saturated heterocycles. The molecule has 1 N–H and O–H groups in total. The Kier molecular flexibility index (Phi) is 5.53. The van der Waals surface area contributed by atoms with Crippen LogP contribution in [-0.2, 0) is 4.74 Å². The minimum Gasteiger partial charge on any atom is -0.497 e. The second-order valence-electron chi connectivity index (χ2n) is 7.97. The van der Waals surface area contributed by atoms with Crippen molar-refractivity contribution in [2.75, 3.05) is 27.4 Å². The van der Waals surface area contributed by atoms with Crippen LogP contribution in [0.25, 0.3) is 11.3 Å². The molecule has 2 aromatic carbocycles. The van der Waals surface area contributed by atoms with Gasteiger partial charge in [0, 0.05) is 40.9 Å². The molecule has 3 heterocycles. The predicted octanol–water partition coefficient (Wildman–Crippen LogP) is 4.47. The molecule has 3 aromatic rings. The first-order valence-electron chi connectivity index (χ1n) is 10.6. The van der Waals surface area contributed by atoms with E-state index in [9.17, 15) is 4.79 Å². The Balaban J connectivity index is 1.65. The molecule has 2 unspecified atom stereocenters. The smallest absolute Gasteiger partial charge is 0.273 e. The Morgan fingerprint density at radius 3 is 2.69 bits per heavy atom. The van der Waals surface area contributed by atoms with Gasteiger partial charge in [0.25, 0.3) is 5.91 Å². The molecule has 1 aromatic heterocycles. The summed E-state index contributed by atoms with van der Waals surface area (Å²) >= 11 is 6.09. The number of fused-ring (bicyclic) bond motifs is 1. The van der Waals surface area contributed by atoms with E-state index in [-0.39, 0.29) is 18.1 Å². The maximum absolute atomic E-state index is 13.5. The van der Waals surface area contributed by atoms with Crippen LogP contribution in [0.1, 0.15) is 40.5 Å². The number of ether oxygens (including phenoxy) is 3. The minimum absolute atomic E-state index is 0.0154. The zero-order valence-electron chi connectivity index (χ0n) is 17.9. The van der Waals surface area contributed by atoms with Gasteiger partial charge in [0.2, 0.25) is 0 Å². The first-order valence-corrected chi connectivity index (χ1v) is 11.0. The van der Waals surface area contributed by atoms with Gasteiger partial charge in [-0.1, -0.05) is 23.7 Å². The molecule has 1 amide bonds. The van der Waals surface area contributed by atoms with Crippen molar-refractivity contribution >= 4 is 17.5 Å². The number of amides is 1. The number of nitrogens with one attached hydrogen (secondary N) is 1. The normalized spacial score (nSPS) is 20.0. The van der Waals surface area contributed by atoms with Crippen LogP contribution < -0.4 is 9.47 Å². The fourth-order valence-electron chi connectivity index (χ4n) is 4.59. The average Bonchev–Trinajstić information content (AvgIpc) is 3.54. The van der Waals surface area contributed by atoms with Crippen molar-refractivity contribution in [3.63, 3.8) is 0 Å². The molecule has 166 valence electrons. The summed E-state index contributed by atoms with van der Waals surface area (Å²) in [5.41, 5.74) is 3.81. The number of carbonyl (C=O) groups excluding carboxylic acids is 1. The standard InChI is InChI=1S/C24H24ClN3O4/c1-30-16-9-10-18(19(12-16)31-2)23-20-21(14-5-7-15(25)8-6-14)26-27-22(20)24(29)28(23)13-17-4-3-11-32-17/h5-10,12,17,23H,3-4,11,13H2,1-2H3,(H,26,27). The van der Waals surface area contributed by atoms with E-state index in [1.807, 2.05) is 47.4 Å². The summed E-state index contributed by atoms with van der Waals surface area (Å²) in [5, 5.41) is 8.13. The van der Waals surface area contributed by atoms with Crippen LogP contribution in [0.5, 0.6) is 11.5 Å². The SMILES string of the molecule is COc1ccc(C2c3c(-c4ccc(Cl)cc4)n[nH]c3C(=O)N2CC2CCCO2)c(OC)c1. The van der Waals surface area contributed by atoms with Crippen molar-refractivity contribution in [2.45, 2.75) is 25.0 Å². The Morgan fingerprint density at radius 2 is 2.00 bits per heavy atom. The number of halogens is 1. The summed E-state index contributed by atoms with van der Waals surface area (Å²) in [6.45, 7) is 1.23. The van der Waals surface area contributed by atoms with Crippen LogP contribution >= 0.6 is 11.6 Å². The minimum atomic E-state index is -0.369. The molecule has 8 heteroatoms. The number of hydrogen-bond donors (Lipinski definition) is 1. The number of carbonyl (C=O) groups is 1. The van der Waals surface area contributed by atoms with E-state index in [4.69, 9.17) is 25.8 Å².